The highest BCUT2D eigenvalue weighted by molar-refractivity contribution is 8.14. The van der Waals surface area contributed by atoms with Crippen LogP contribution in [0.2, 0.25) is 0 Å². The van der Waals surface area contributed by atoms with Crippen molar-refractivity contribution in [3.8, 4) is 11.5 Å². The minimum atomic E-state index is 0. The van der Waals surface area contributed by atoms with Crippen LogP contribution in [-0.2, 0) is 4.79 Å². The van der Waals surface area contributed by atoms with Gasteiger partial charge < -0.3 is 19.3 Å². The molecule has 10 heteroatoms. The zero-order chi connectivity index (χ0) is 20.3. The summed E-state index contributed by atoms with van der Waals surface area (Å²) in [4.78, 5) is 17.8. The van der Waals surface area contributed by atoms with Gasteiger partial charge in [0.15, 0.2) is 16.7 Å². The minimum Gasteiger partial charge on any atom is -0.454 e. The highest BCUT2D eigenvalue weighted by Gasteiger charge is 2.24. The predicted molar refractivity (Wildman–Crippen MR) is 128 cm³/mol. The lowest BCUT2D eigenvalue weighted by Gasteiger charge is -2.35. The summed E-state index contributed by atoms with van der Waals surface area (Å²) in [5.41, 5.74) is 1.94. The van der Waals surface area contributed by atoms with Gasteiger partial charge in [0.2, 0.25) is 12.7 Å². The molecular weight excluding hydrogens is 456 g/mol. The predicted octanol–water partition coefficient (Wildman–Crippen LogP) is 3.56. The van der Waals surface area contributed by atoms with Crippen LogP contribution in [0.25, 0.3) is 6.08 Å². The molecule has 7 nitrogen and oxygen atoms in total. The molecule has 1 saturated heterocycles. The van der Waals surface area contributed by atoms with Crippen molar-refractivity contribution in [2.45, 2.75) is 0 Å². The Kier molecular flexibility index (Phi) is 6.84. The van der Waals surface area contributed by atoms with Gasteiger partial charge in [-0.25, -0.2) is 0 Å². The van der Waals surface area contributed by atoms with Crippen LogP contribution < -0.4 is 9.47 Å². The molecule has 162 valence electrons. The molecule has 0 spiro atoms. The number of benzene rings is 1. The summed E-state index contributed by atoms with van der Waals surface area (Å²) in [5, 5.41) is 11.8. The maximum atomic E-state index is 12.6. The number of thioether (sulfide) groups is 1. The van der Waals surface area contributed by atoms with Crippen molar-refractivity contribution >= 4 is 58.4 Å². The molecule has 1 aromatic heterocycles. The van der Waals surface area contributed by atoms with E-state index in [4.69, 9.17) is 9.47 Å². The molecule has 5 rings (SSSR count). The van der Waals surface area contributed by atoms with E-state index >= 15 is 0 Å². The summed E-state index contributed by atoms with van der Waals surface area (Å²) < 4.78 is 10.7. The standard InChI is InChI=1S/C21H20N4O3S2.ClH/c26-20(6-4-15-3-5-17-18(12-15)28-14-27-17)24-7-9-25(10-8-24)21-23-22-16(13-30-21)19-2-1-11-29-19;/h1-6,11-12H,7-10,13-14H2;1H/b6-4+;. The van der Waals surface area contributed by atoms with Crippen molar-refractivity contribution in [2.75, 3.05) is 38.7 Å². The molecule has 0 bridgehead atoms. The molecule has 0 unspecified atom stereocenters. The first kappa shape index (κ1) is 21.7. The van der Waals surface area contributed by atoms with E-state index in [1.165, 1.54) is 4.88 Å². The summed E-state index contributed by atoms with van der Waals surface area (Å²) in [5.74, 6) is 2.30. The van der Waals surface area contributed by atoms with Gasteiger partial charge in [-0.3, -0.25) is 4.79 Å². The van der Waals surface area contributed by atoms with Gasteiger partial charge in [0, 0.05) is 38.0 Å². The zero-order valence-corrected chi connectivity index (χ0v) is 19.0. The Balaban J connectivity index is 0.00000231. The van der Waals surface area contributed by atoms with Crippen molar-refractivity contribution in [1.29, 1.82) is 0 Å². The summed E-state index contributed by atoms with van der Waals surface area (Å²) >= 11 is 3.40. The number of ether oxygens (including phenoxy) is 2. The highest BCUT2D eigenvalue weighted by atomic mass is 35.5. The van der Waals surface area contributed by atoms with Gasteiger partial charge in [0.05, 0.1) is 10.6 Å². The van der Waals surface area contributed by atoms with Crippen LogP contribution in [0.15, 0.2) is 52.0 Å². The number of amidine groups is 1. The number of amides is 1. The molecule has 31 heavy (non-hydrogen) atoms. The molecule has 1 fully saturated rings. The Morgan fingerprint density at radius 3 is 2.65 bits per heavy atom. The summed E-state index contributed by atoms with van der Waals surface area (Å²) in [6, 6.07) is 9.77. The topological polar surface area (TPSA) is 66.7 Å². The number of fused-ring (bicyclic) bond motifs is 1. The lowest BCUT2D eigenvalue weighted by molar-refractivity contribution is -0.127. The quantitative estimate of drug-likeness (QED) is 0.634. The average molecular weight is 477 g/mol. The first-order valence-corrected chi connectivity index (χ1v) is 11.6. The van der Waals surface area contributed by atoms with Crippen molar-refractivity contribution in [3.63, 3.8) is 0 Å². The molecule has 0 N–H and O–H groups in total. The fourth-order valence-electron chi connectivity index (χ4n) is 3.42. The van der Waals surface area contributed by atoms with Crippen molar-refractivity contribution in [1.82, 2.24) is 9.80 Å². The number of carbonyl (C=O) groups is 1. The number of carbonyl (C=O) groups excluding carboxylic acids is 1. The first-order valence-electron chi connectivity index (χ1n) is 9.69. The molecule has 4 heterocycles. The molecule has 3 aliphatic heterocycles. The largest absolute Gasteiger partial charge is 0.454 e. The molecule has 0 atom stereocenters. The number of halogens is 1. The molecule has 0 saturated carbocycles. The second-order valence-corrected chi connectivity index (χ2v) is 8.84. The fourth-order valence-corrected chi connectivity index (χ4v) is 5.16. The van der Waals surface area contributed by atoms with Gasteiger partial charge in [0.1, 0.15) is 0 Å². The Bertz CT molecular complexity index is 1030. The highest BCUT2D eigenvalue weighted by Crippen LogP contribution is 2.32. The SMILES string of the molecule is Cl.O=C(/C=C/c1ccc2c(c1)OCO2)N1CCN(C2=NN=C(c3cccs3)CS2)CC1. The number of piperazine rings is 1. The Labute approximate surface area is 194 Å². The molecule has 3 aliphatic rings. The van der Waals surface area contributed by atoms with E-state index < -0.39 is 0 Å². The average Bonchev–Trinajstić information content (AvgIpc) is 3.49. The van der Waals surface area contributed by atoms with E-state index in [1.807, 2.05) is 35.2 Å². The Morgan fingerprint density at radius 1 is 1.06 bits per heavy atom. The Hall–Kier alpha value is -2.49. The molecule has 1 amide bonds. The van der Waals surface area contributed by atoms with Gasteiger partial charge in [-0.1, -0.05) is 23.9 Å². The van der Waals surface area contributed by atoms with Crippen LogP contribution in [0, 0.1) is 0 Å². The molecule has 0 aliphatic carbocycles. The Morgan fingerprint density at radius 2 is 1.90 bits per heavy atom. The number of hydrogen-bond donors (Lipinski definition) is 0. The zero-order valence-electron chi connectivity index (χ0n) is 16.6. The first-order chi connectivity index (χ1) is 14.8. The molecular formula is C21H21ClN4O3S2. The maximum Gasteiger partial charge on any atom is 0.246 e. The van der Waals surface area contributed by atoms with E-state index in [9.17, 15) is 4.79 Å². The number of thiophene rings is 1. The van der Waals surface area contributed by atoms with Crippen LogP contribution in [0.1, 0.15) is 10.4 Å². The monoisotopic (exact) mass is 476 g/mol. The lowest BCUT2D eigenvalue weighted by atomic mass is 10.2. The van der Waals surface area contributed by atoms with Gasteiger partial charge in [0.25, 0.3) is 0 Å². The van der Waals surface area contributed by atoms with Crippen LogP contribution in [-0.4, -0.2) is 65.3 Å². The fraction of sp³-hybridized carbons (Fsp3) is 0.286. The van der Waals surface area contributed by atoms with E-state index in [-0.39, 0.29) is 25.1 Å². The van der Waals surface area contributed by atoms with E-state index in [1.54, 1.807) is 29.2 Å². The summed E-state index contributed by atoms with van der Waals surface area (Å²) in [6.45, 7) is 3.12. The lowest BCUT2D eigenvalue weighted by Crippen LogP contribution is -2.50. The summed E-state index contributed by atoms with van der Waals surface area (Å²) in [6.07, 6.45) is 3.44. The summed E-state index contributed by atoms with van der Waals surface area (Å²) in [7, 11) is 0. The van der Waals surface area contributed by atoms with Crippen LogP contribution in [0.3, 0.4) is 0 Å². The van der Waals surface area contributed by atoms with Gasteiger partial charge in [-0.05, 0) is 35.2 Å². The molecule has 0 radical (unpaired) electrons. The number of rotatable bonds is 3. The maximum absolute atomic E-state index is 12.6. The van der Waals surface area contributed by atoms with Crippen LogP contribution >= 0.6 is 35.5 Å². The number of nitrogens with zero attached hydrogens (tertiary/aromatic N) is 4. The second-order valence-electron chi connectivity index (χ2n) is 6.95. The molecule has 1 aromatic carbocycles. The van der Waals surface area contributed by atoms with Crippen molar-refractivity contribution in [3.05, 3.63) is 52.2 Å². The molecule has 2 aromatic rings. The van der Waals surface area contributed by atoms with E-state index in [0.717, 1.165) is 41.0 Å². The second kappa shape index (κ2) is 9.76. The van der Waals surface area contributed by atoms with Crippen molar-refractivity contribution < 1.29 is 14.3 Å². The smallest absolute Gasteiger partial charge is 0.246 e. The van der Waals surface area contributed by atoms with Gasteiger partial charge in [-0.2, -0.15) is 5.10 Å². The third-order valence-corrected chi connectivity index (χ3v) is 7.01. The van der Waals surface area contributed by atoms with Crippen LogP contribution in [0.5, 0.6) is 11.5 Å². The third-order valence-electron chi connectivity index (χ3n) is 5.08. The third kappa shape index (κ3) is 4.89. The normalized spacial score (nSPS) is 17.9. The van der Waals surface area contributed by atoms with Crippen molar-refractivity contribution in [2.24, 2.45) is 10.2 Å². The van der Waals surface area contributed by atoms with Crippen LogP contribution in [0.4, 0.5) is 0 Å². The van der Waals surface area contributed by atoms with Gasteiger partial charge >= 0.3 is 0 Å². The number of hydrogen-bond acceptors (Lipinski definition) is 8. The minimum absolute atomic E-state index is 0. The van der Waals surface area contributed by atoms with Gasteiger partial charge in [-0.15, -0.1) is 28.8 Å². The van der Waals surface area contributed by atoms with E-state index in [0.29, 0.717) is 18.8 Å². The van der Waals surface area contributed by atoms with E-state index in [2.05, 4.69) is 26.5 Å².